The first-order valence-corrected chi connectivity index (χ1v) is 5.36. The van der Waals surface area contributed by atoms with Gasteiger partial charge in [-0.25, -0.2) is 0 Å². The van der Waals surface area contributed by atoms with Crippen molar-refractivity contribution >= 4 is 16.5 Å². The van der Waals surface area contributed by atoms with Crippen LogP contribution >= 0.6 is 11.3 Å². The fraction of sp³-hybridized carbons (Fsp3) is 0.200. The highest BCUT2D eigenvalue weighted by Gasteiger charge is 2.00. The average Bonchev–Trinajstić information content (AvgIpc) is 2.66. The molecular weight excluding hydrogens is 210 g/mol. The van der Waals surface area contributed by atoms with Crippen molar-refractivity contribution in [3.63, 3.8) is 0 Å². The summed E-state index contributed by atoms with van der Waals surface area (Å²) in [6.07, 6.45) is 0. The normalized spacial score (nSPS) is 10.4. The van der Waals surface area contributed by atoms with E-state index in [2.05, 4.69) is 10.2 Å². The predicted octanol–water partition coefficient (Wildman–Crippen LogP) is 1.84. The quantitative estimate of drug-likeness (QED) is 0.855. The molecule has 0 fully saturated rings. The lowest BCUT2D eigenvalue weighted by Gasteiger charge is -2.00. The molecule has 0 unspecified atom stereocenters. The van der Waals surface area contributed by atoms with Gasteiger partial charge in [0.05, 0.1) is 6.61 Å². The molecule has 1 aromatic carbocycles. The van der Waals surface area contributed by atoms with Crippen LogP contribution < -0.4 is 5.73 Å². The molecule has 5 heteroatoms. The van der Waals surface area contributed by atoms with Crippen molar-refractivity contribution in [1.29, 1.82) is 0 Å². The number of nitrogen functional groups attached to an aromatic ring is 1. The molecule has 2 aromatic rings. The van der Waals surface area contributed by atoms with Gasteiger partial charge in [0.1, 0.15) is 11.6 Å². The highest BCUT2D eigenvalue weighted by atomic mass is 32.1. The van der Waals surface area contributed by atoms with E-state index in [-0.39, 0.29) is 0 Å². The fourth-order valence-corrected chi connectivity index (χ4v) is 1.70. The summed E-state index contributed by atoms with van der Waals surface area (Å²) < 4.78 is 5.47. The topological polar surface area (TPSA) is 61.0 Å². The largest absolute Gasteiger partial charge is 0.374 e. The van der Waals surface area contributed by atoms with Gasteiger partial charge in [0.2, 0.25) is 5.13 Å². The van der Waals surface area contributed by atoms with Crippen LogP contribution in [0.25, 0.3) is 0 Å². The highest BCUT2D eigenvalue weighted by Crippen LogP contribution is 2.12. The lowest BCUT2D eigenvalue weighted by Crippen LogP contribution is -1.93. The molecule has 0 aliphatic rings. The molecule has 0 spiro atoms. The van der Waals surface area contributed by atoms with E-state index in [1.54, 1.807) is 0 Å². The molecular formula is C10H11N3OS. The van der Waals surface area contributed by atoms with Crippen LogP contribution in [0.3, 0.4) is 0 Å². The Hall–Kier alpha value is -1.46. The van der Waals surface area contributed by atoms with Crippen LogP contribution in [0, 0.1) is 0 Å². The van der Waals surface area contributed by atoms with Crippen molar-refractivity contribution in [3.05, 3.63) is 40.9 Å². The molecule has 0 atom stereocenters. The third-order valence-electron chi connectivity index (χ3n) is 1.82. The maximum absolute atomic E-state index is 5.47. The van der Waals surface area contributed by atoms with Gasteiger partial charge in [0.25, 0.3) is 0 Å². The van der Waals surface area contributed by atoms with Gasteiger partial charge in [-0.05, 0) is 5.56 Å². The molecule has 2 rings (SSSR count). The second-order valence-corrected chi connectivity index (χ2v) is 4.11. The minimum atomic E-state index is 0.462. The zero-order chi connectivity index (χ0) is 10.5. The Kier molecular flexibility index (Phi) is 3.26. The van der Waals surface area contributed by atoms with Crippen molar-refractivity contribution in [2.24, 2.45) is 0 Å². The Morgan fingerprint density at radius 2 is 1.93 bits per heavy atom. The van der Waals surface area contributed by atoms with Gasteiger partial charge < -0.3 is 10.5 Å². The van der Waals surface area contributed by atoms with Crippen LogP contribution in [0.2, 0.25) is 0 Å². The molecule has 1 aromatic heterocycles. The molecule has 0 saturated carbocycles. The summed E-state index contributed by atoms with van der Waals surface area (Å²) in [4.78, 5) is 0. The van der Waals surface area contributed by atoms with Gasteiger partial charge in [-0.15, -0.1) is 10.2 Å². The third kappa shape index (κ3) is 3.00. The number of benzene rings is 1. The molecule has 0 aliphatic carbocycles. The fourth-order valence-electron chi connectivity index (χ4n) is 1.16. The predicted molar refractivity (Wildman–Crippen MR) is 59.3 cm³/mol. The Morgan fingerprint density at radius 1 is 1.13 bits per heavy atom. The lowest BCUT2D eigenvalue weighted by atomic mass is 10.2. The maximum atomic E-state index is 5.47. The Labute approximate surface area is 91.7 Å². The van der Waals surface area contributed by atoms with Crippen molar-refractivity contribution < 1.29 is 4.74 Å². The number of rotatable bonds is 4. The van der Waals surface area contributed by atoms with Crippen LogP contribution in [-0.4, -0.2) is 10.2 Å². The zero-order valence-corrected chi connectivity index (χ0v) is 8.91. The summed E-state index contributed by atoms with van der Waals surface area (Å²) in [7, 11) is 0. The summed E-state index contributed by atoms with van der Waals surface area (Å²) in [6.45, 7) is 1.05. The average molecular weight is 221 g/mol. The second-order valence-electron chi connectivity index (χ2n) is 3.01. The summed E-state index contributed by atoms with van der Waals surface area (Å²) in [5.41, 5.74) is 6.60. The van der Waals surface area contributed by atoms with Gasteiger partial charge in [-0.2, -0.15) is 0 Å². The minimum Gasteiger partial charge on any atom is -0.374 e. The van der Waals surface area contributed by atoms with Crippen molar-refractivity contribution in [2.45, 2.75) is 13.2 Å². The summed E-state index contributed by atoms with van der Waals surface area (Å²) >= 11 is 1.35. The van der Waals surface area contributed by atoms with Crippen molar-refractivity contribution in [2.75, 3.05) is 5.73 Å². The number of ether oxygens (including phenoxy) is 1. The molecule has 0 amide bonds. The van der Waals surface area contributed by atoms with Gasteiger partial charge >= 0.3 is 0 Å². The van der Waals surface area contributed by atoms with E-state index in [0.29, 0.717) is 18.3 Å². The Morgan fingerprint density at radius 3 is 2.60 bits per heavy atom. The van der Waals surface area contributed by atoms with Crippen LogP contribution in [0.5, 0.6) is 0 Å². The first-order chi connectivity index (χ1) is 7.34. The van der Waals surface area contributed by atoms with Gasteiger partial charge in [0, 0.05) is 0 Å². The summed E-state index contributed by atoms with van der Waals surface area (Å²) in [5.74, 6) is 0. The summed E-state index contributed by atoms with van der Waals surface area (Å²) in [5, 5.41) is 8.86. The third-order valence-corrected chi connectivity index (χ3v) is 2.55. The molecule has 0 bridgehead atoms. The number of hydrogen-bond donors (Lipinski definition) is 1. The zero-order valence-electron chi connectivity index (χ0n) is 8.09. The van der Waals surface area contributed by atoms with E-state index in [4.69, 9.17) is 10.5 Å². The summed E-state index contributed by atoms with van der Waals surface area (Å²) in [6, 6.07) is 10.0. The van der Waals surface area contributed by atoms with Crippen LogP contribution in [0.1, 0.15) is 10.6 Å². The van der Waals surface area contributed by atoms with E-state index in [1.165, 1.54) is 11.3 Å². The van der Waals surface area contributed by atoms with Crippen LogP contribution in [0.15, 0.2) is 30.3 Å². The SMILES string of the molecule is Nc1nnc(COCc2ccccc2)s1. The molecule has 15 heavy (non-hydrogen) atoms. The van der Waals surface area contributed by atoms with Crippen LogP contribution in [-0.2, 0) is 18.0 Å². The minimum absolute atomic E-state index is 0.462. The molecule has 0 radical (unpaired) electrons. The monoisotopic (exact) mass is 221 g/mol. The smallest absolute Gasteiger partial charge is 0.203 e. The van der Waals surface area contributed by atoms with Crippen molar-refractivity contribution in [1.82, 2.24) is 10.2 Å². The van der Waals surface area contributed by atoms with Gasteiger partial charge in [-0.3, -0.25) is 0 Å². The van der Waals surface area contributed by atoms with E-state index in [1.807, 2.05) is 30.3 Å². The Balaban J connectivity index is 1.80. The van der Waals surface area contributed by atoms with Gasteiger partial charge in [0.15, 0.2) is 0 Å². The number of hydrogen-bond acceptors (Lipinski definition) is 5. The molecule has 2 N–H and O–H groups in total. The number of nitrogens with zero attached hydrogens (tertiary/aromatic N) is 2. The molecule has 78 valence electrons. The second kappa shape index (κ2) is 4.86. The standard InChI is InChI=1S/C10H11N3OS/c11-10-13-12-9(15-10)7-14-6-8-4-2-1-3-5-8/h1-5H,6-7H2,(H2,11,13). The van der Waals surface area contributed by atoms with E-state index in [9.17, 15) is 0 Å². The lowest BCUT2D eigenvalue weighted by molar-refractivity contribution is 0.106. The number of nitrogens with two attached hydrogens (primary N) is 1. The van der Waals surface area contributed by atoms with E-state index in [0.717, 1.165) is 10.6 Å². The van der Waals surface area contributed by atoms with Gasteiger partial charge in [-0.1, -0.05) is 41.7 Å². The number of aromatic nitrogens is 2. The highest BCUT2D eigenvalue weighted by molar-refractivity contribution is 7.15. The molecule has 0 aliphatic heterocycles. The first-order valence-electron chi connectivity index (χ1n) is 4.54. The Bertz CT molecular complexity index is 416. The number of anilines is 1. The molecule has 0 saturated heterocycles. The van der Waals surface area contributed by atoms with E-state index >= 15 is 0 Å². The molecule has 4 nitrogen and oxygen atoms in total. The van der Waals surface area contributed by atoms with Crippen LogP contribution in [0.4, 0.5) is 5.13 Å². The maximum Gasteiger partial charge on any atom is 0.203 e. The van der Waals surface area contributed by atoms with Crippen molar-refractivity contribution in [3.8, 4) is 0 Å². The first kappa shape index (κ1) is 10.1. The molecule has 1 heterocycles. The van der Waals surface area contributed by atoms with E-state index < -0.39 is 0 Å².